The Kier molecular flexibility index (Phi) is 7.59. The minimum atomic E-state index is -1.03. The zero-order chi connectivity index (χ0) is 22.3. The van der Waals surface area contributed by atoms with E-state index < -0.39 is 18.0 Å². The molecule has 2 aromatic rings. The van der Waals surface area contributed by atoms with Crippen molar-refractivity contribution in [1.82, 2.24) is 9.88 Å². The Labute approximate surface area is 176 Å². The topological polar surface area (TPSA) is 93.4 Å². The SMILES string of the molecule is C=CCNC(=O)[C@H](C)OC(=O)/C(C#N)=C/c1cc(C)n(-c2ccccc2OC)c1C. The van der Waals surface area contributed by atoms with E-state index in [9.17, 15) is 14.9 Å². The molecule has 0 saturated heterocycles. The third kappa shape index (κ3) is 4.97. The smallest absolute Gasteiger partial charge is 0.349 e. The summed E-state index contributed by atoms with van der Waals surface area (Å²) < 4.78 is 12.6. The number of aromatic nitrogens is 1. The molecular formula is C23H25N3O4. The molecule has 30 heavy (non-hydrogen) atoms. The number of amides is 1. The van der Waals surface area contributed by atoms with Crippen molar-refractivity contribution < 1.29 is 19.1 Å². The van der Waals surface area contributed by atoms with Gasteiger partial charge in [-0.3, -0.25) is 4.79 Å². The number of nitriles is 1. The Hall–Kier alpha value is -3.79. The molecule has 0 aliphatic heterocycles. The summed E-state index contributed by atoms with van der Waals surface area (Å²) >= 11 is 0. The first-order chi connectivity index (χ1) is 14.3. The summed E-state index contributed by atoms with van der Waals surface area (Å²) in [6, 6.07) is 11.3. The number of para-hydroxylation sites is 2. The molecule has 1 heterocycles. The van der Waals surface area contributed by atoms with Crippen LogP contribution >= 0.6 is 0 Å². The largest absolute Gasteiger partial charge is 0.495 e. The van der Waals surface area contributed by atoms with Crippen molar-refractivity contribution in [2.45, 2.75) is 26.9 Å². The third-order valence-electron chi connectivity index (χ3n) is 4.51. The monoisotopic (exact) mass is 407 g/mol. The van der Waals surface area contributed by atoms with Crippen LogP contribution in [0.2, 0.25) is 0 Å². The van der Waals surface area contributed by atoms with Crippen molar-refractivity contribution in [3.63, 3.8) is 0 Å². The van der Waals surface area contributed by atoms with Gasteiger partial charge in [0.1, 0.15) is 17.4 Å². The third-order valence-corrected chi connectivity index (χ3v) is 4.51. The van der Waals surface area contributed by atoms with Crippen LogP contribution in [0.1, 0.15) is 23.9 Å². The number of esters is 1. The summed E-state index contributed by atoms with van der Waals surface area (Å²) in [5.41, 5.74) is 3.08. The number of hydrogen-bond donors (Lipinski definition) is 1. The number of rotatable bonds is 8. The molecule has 7 heteroatoms. The van der Waals surface area contributed by atoms with Gasteiger partial charge < -0.3 is 19.4 Å². The van der Waals surface area contributed by atoms with E-state index in [0.717, 1.165) is 17.1 Å². The van der Waals surface area contributed by atoms with Gasteiger partial charge in [-0.1, -0.05) is 18.2 Å². The molecule has 0 bridgehead atoms. The van der Waals surface area contributed by atoms with Crippen LogP contribution in [0.3, 0.4) is 0 Å². The number of benzene rings is 1. The van der Waals surface area contributed by atoms with E-state index >= 15 is 0 Å². The maximum atomic E-state index is 12.4. The summed E-state index contributed by atoms with van der Waals surface area (Å²) in [6.07, 6.45) is 1.95. The van der Waals surface area contributed by atoms with Crippen LogP contribution < -0.4 is 10.1 Å². The summed E-state index contributed by atoms with van der Waals surface area (Å²) in [6.45, 7) is 9.02. The van der Waals surface area contributed by atoms with Gasteiger partial charge in [0, 0.05) is 17.9 Å². The predicted molar refractivity (Wildman–Crippen MR) is 114 cm³/mol. The Morgan fingerprint density at radius 1 is 1.33 bits per heavy atom. The number of carbonyl (C=O) groups excluding carboxylic acids is 2. The lowest BCUT2D eigenvalue weighted by atomic mass is 10.1. The molecule has 7 nitrogen and oxygen atoms in total. The fourth-order valence-electron chi connectivity index (χ4n) is 3.01. The van der Waals surface area contributed by atoms with Gasteiger partial charge in [0.15, 0.2) is 6.10 Å². The fraction of sp³-hybridized carbons (Fsp3) is 0.261. The van der Waals surface area contributed by atoms with Crippen LogP contribution in [0.5, 0.6) is 5.75 Å². The first-order valence-corrected chi connectivity index (χ1v) is 9.37. The number of hydrogen-bond acceptors (Lipinski definition) is 5. The number of carbonyl (C=O) groups is 2. The van der Waals surface area contributed by atoms with E-state index in [4.69, 9.17) is 9.47 Å². The molecule has 0 aliphatic rings. The van der Waals surface area contributed by atoms with Gasteiger partial charge in [-0.25, -0.2) is 4.79 Å². The summed E-state index contributed by atoms with van der Waals surface area (Å²) in [5, 5.41) is 12.0. The van der Waals surface area contributed by atoms with Crippen molar-refractivity contribution in [1.29, 1.82) is 5.26 Å². The molecular weight excluding hydrogens is 382 g/mol. The summed E-state index contributed by atoms with van der Waals surface area (Å²) in [4.78, 5) is 24.3. The molecule has 1 N–H and O–H groups in total. The van der Waals surface area contributed by atoms with E-state index in [2.05, 4.69) is 11.9 Å². The Morgan fingerprint density at radius 3 is 2.67 bits per heavy atom. The molecule has 1 amide bonds. The van der Waals surface area contributed by atoms with Crippen molar-refractivity contribution in [2.75, 3.05) is 13.7 Å². The summed E-state index contributed by atoms with van der Waals surface area (Å²) in [5.74, 6) is -0.621. The second-order valence-corrected chi connectivity index (χ2v) is 6.58. The standard InChI is InChI=1S/C23H25N3O4/c1-6-11-25-22(27)17(4)30-23(28)19(14-24)13-18-12-15(2)26(16(18)3)20-9-7-8-10-21(20)29-5/h6-10,12-13,17H,1,11H2,2-5H3,(H,25,27)/b19-13+/t17-/m0/s1. The van der Waals surface area contributed by atoms with Gasteiger partial charge >= 0.3 is 5.97 Å². The molecule has 0 spiro atoms. The minimum absolute atomic E-state index is 0.196. The highest BCUT2D eigenvalue weighted by Crippen LogP contribution is 2.28. The van der Waals surface area contributed by atoms with Gasteiger partial charge in [-0.2, -0.15) is 5.26 Å². The van der Waals surface area contributed by atoms with Gasteiger partial charge in [-0.15, -0.1) is 6.58 Å². The summed E-state index contributed by atoms with van der Waals surface area (Å²) in [7, 11) is 1.60. The first-order valence-electron chi connectivity index (χ1n) is 9.37. The Bertz CT molecular complexity index is 1030. The lowest BCUT2D eigenvalue weighted by Gasteiger charge is -2.14. The maximum Gasteiger partial charge on any atom is 0.349 e. The maximum absolute atomic E-state index is 12.4. The average Bonchev–Trinajstić information content (AvgIpc) is 3.02. The van der Waals surface area contributed by atoms with Crippen LogP contribution in [-0.2, 0) is 14.3 Å². The number of nitrogens with zero attached hydrogens (tertiary/aromatic N) is 2. The molecule has 0 radical (unpaired) electrons. The number of methoxy groups -OCH3 is 1. The van der Waals surface area contributed by atoms with Gasteiger partial charge in [-0.05, 0) is 50.6 Å². The number of nitrogens with one attached hydrogen (secondary N) is 1. The van der Waals surface area contributed by atoms with E-state index in [1.54, 1.807) is 7.11 Å². The lowest BCUT2D eigenvalue weighted by Crippen LogP contribution is -2.36. The predicted octanol–water partition coefficient (Wildman–Crippen LogP) is 3.24. The van der Waals surface area contributed by atoms with Crippen molar-refractivity contribution >= 4 is 18.0 Å². The second-order valence-electron chi connectivity index (χ2n) is 6.58. The molecule has 1 aromatic carbocycles. The van der Waals surface area contributed by atoms with Crippen molar-refractivity contribution in [2.24, 2.45) is 0 Å². The number of aryl methyl sites for hydroxylation is 1. The van der Waals surface area contributed by atoms with Crippen LogP contribution in [-0.4, -0.2) is 36.2 Å². The highest BCUT2D eigenvalue weighted by Gasteiger charge is 2.21. The van der Waals surface area contributed by atoms with Gasteiger partial charge in [0.25, 0.3) is 5.91 Å². The Morgan fingerprint density at radius 2 is 2.03 bits per heavy atom. The van der Waals surface area contributed by atoms with Gasteiger partial charge in [0.2, 0.25) is 0 Å². The molecule has 0 saturated carbocycles. The molecule has 0 unspecified atom stereocenters. The quantitative estimate of drug-likeness (QED) is 0.314. The van der Waals surface area contributed by atoms with E-state index in [0.29, 0.717) is 11.3 Å². The second kappa shape index (κ2) is 10.1. The molecule has 1 aromatic heterocycles. The highest BCUT2D eigenvalue weighted by molar-refractivity contribution is 5.99. The van der Waals surface area contributed by atoms with Gasteiger partial charge in [0.05, 0.1) is 12.8 Å². The van der Waals surface area contributed by atoms with Crippen LogP contribution in [0.15, 0.2) is 48.6 Å². The molecule has 156 valence electrons. The van der Waals surface area contributed by atoms with Crippen LogP contribution in [0.25, 0.3) is 11.8 Å². The zero-order valence-electron chi connectivity index (χ0n) is 17.6. The minimum Gasteiger partial charge on any atom is -0.495 e. The molecule has 1 atom stereocenters. The molecule has 2 rings (SSSR count). The van der Waals surface area contributed by atoms with Crippen LogP contribution in [0, 0.1) is 25.2 Å². The van der Waals surface area contributed by atoms with E-state index in [1.807, 2.05) is 54.8 Å². The van der Waals surface area contributed by atoms with Crippen LogP contribution in [0.4, 0.5) is 0 Å². The van der Waals surface area contributed by atoms with Crippen molar-refractivity contribution in [3.8, 4) is 17.5 Å². The fourth-order valence-corrected chi connectivity index (χ4v) is 3.01. The lowest BCUT2D eigenvalue weighted by molar-refractivity contribution is -0.150. The Balaban J connectivity index is 2.33. The highest BCUT2D eigenvalue weighted by atomic mass is 16.5. The average molecular weight is 407 g/mol. The normalized spacial score (nSPS) is 11.9. The molecule has 0 aliphatic carbocycles. The first kappa shape index (κ1) is 22.5. The van der Waals surface area contributed by atoms with E-state index in [1.165, 1.54) is 19.1 Å². The van der Waals surface area contributed by atoms with Crippen molar-refractivity contribution in [3.05, 3.63) is 65.5 Å². The zero-order valence-corrected chi connectivity index (χ0v) is 17.6. The van der Waals surface area contributed by atoms with E-state index in [-0.39, 0.29) is 12.1 Å². The molecule has 0 fully saturated rings. The number of ether oxygens (including phenoxy) is 2.